The van der Waals surface area contributed by atoms with Crippen LogP contribution in [0.1, 0.15) is 69.6 Å². The Bertz CT molecular complexity index is 377. The predicted molar refractivity (Wildman–Crippen MR) is 87.6 cm³/mol. The molecule has 0 spiro atoms. The molecule has 0 N–H and O–H groups in total. The van der Waals surface area contributed by atoms with Crippen molar-refractivity contribution in [2.24, 2.45) is 0 Å². The minimum atomic E-state index is 0.118. The van der Waals surface area contributed by atoms with E-state index >= 15 is 0 Å². The lowest BCUT2D eigenvalue weighted by molar-refractivity contribution is -0.137. The van der Waals surface area contributed by atoms with Crippen molar-refractivity contribution in [3.63, 3.8) is 0 Å². The summed E-state index contributed by atoms with van der Waals surface area (Å²) < 4.78 is 11.8. The van der Waals surface area contributed by atoms with Gasteiger partial charge in [0.2, 0.25) is 0 Å². The monoisotopic (exact) mass is 290 g/mol. The molecule has 0 aromatic heterocycles. The first-order valence-corrected chi connectivity index (χ1v) is 8.65. The molecule has 21 heavy (non-hydrogen) atoms. The number of aryl methyl sites for hydroxylation is 1. The molecule has 1 aliphatic heterocycles. The van der Waals surface area contributed by atoms with Crippen LogP contribution in [0.2, 0.25) is 0 Å². The van der Waals surface area contributed by atoms with Gasteiger partial charge in [0.15, 0.2) is 0 Å². The third kappa shape index (κ3) is 5.44. The fraction of sp³-hybridized carbons (Fsp3) is 0.684. The summed E-state index contributed by atoms with van der Waals surface area (Å²) in [4.78, 5) is 0. The van der Waals surface area contributed by atoms with Gasteiger partial charge in [-0.3, -0.25) is 0 Å². The van der Waals surface area contributed by atoms with Crippen LogP contribution >= 0.6 is 0 Å². The second kappa shape index (κ2) is 9.22. The highest BCUT2D eigenvalue weighted by atomic mass is 16.6. The fourth-order valence-corrected chi connectivity index (χ4v) is 2.88. The Morgan fingerprint density at radius 2 is 1.71 bits per heavy atom. The van der Waals surface area contributed by atoms with E-state index in [9.17, 15) is 0 Å². The second-order valence-electron chi connectivity index (χ2n) is 6.12. The lowest BCUT2D eigenvalue weighted by Crippen LogP contribution is -2.30. The highest BCUT2D eigenvalue weighted by molar-refractivity contribution is 5.24. The largest absolute Gasteiger partial charge is 0.373 e. The Labute approximate surface area is 129 Å². The number of benzene rings is 1. The summed E-state index contributed by atoms with van der Waals surface area (Å²) in [7, 11) is 0. The zero-order valence-electron chi connectivity index (χ0n) is 13.6. The van der Waals surface area contributed by atoms with E-state index in [0.717, 1.165) is 19.4 Å². The van der Waals surface area contributed by atoms with E-state index in [0.29, 0.717) is 12.7 Å². The van der Waals surface area contributed by atoms with Crippen LogP contribution < -0.4 is 0 Å². The first-order chi connectivity index (χ1) is 10.3. The van der Waals surface area contributed by atoms with Gasteiger partial charge in [-0.25, -0.2) is 0 Å². The minimum Gasteiger partial charge on any atom is -0.373 e. The number of hydrogen-bond donors (Lipinski definition) is 0. The highest BCUT2D eigenvalue weighted by Crippen LogP contribution is 2.24. The average molecular weight is 290 g/mol. The Balaban J connectivity index is 1.77. The lowest BCUT2D eigenvalue weighted by atomic mass is 10.0. The zero-order valence-corrected chi connectivity index (χ0v) is 13.6. The van der Waals surface area contributed by atoms with Crippen molar-refractivity contribution >= 4 is 0 Å². The Kier molecular flexibility index (Phi) is 7.25. The Morgan fingerprint density at radius 1 is 0.905 bits per heavy atom. The molecule has 0 saturated carbocycles. The van der Waals surface area contributed by atoms with Crippen molar-refractivity contribution in [1.82, 2.24) is 0 Å². The van der Waals surface area contributed by atoms with Crippen molar-refractivity contribution in [2.45, 2.75) is 71.0 Å². The van der Waals surface area contributed by atoms with Gasteiger partial charge in [-0.1, -0.05) is 63.8 Å². The number of rotatable bonds is 8. The minimum absolute atomic E-state index is 0.118. The van der Waals surface area contributed by atoms with Gasteiger partial charge in [0.25, 0.3) is 0 Å². The molecule has 1 aromatic rings. The number of unbranched alkanes of at least 4 members (excludes halogenated alkanes) is 3. The van der Waals surface area contributed by atoms with Crippen LogP contribution in [0.15, 0.2) is 24.3 Å². The SMILES string of the molecule is CCCCCCc1ccc([C@@H]2CO[C@@H](CCC)CO2)cc1. The molecule has 2 atom stereocenters. The predicted octanol–water partition coefficient (Wildman–Crippen LogP) is 5.07. The molecule has 2 nitrogen and oxygen atoms in total. The molecule has 0 amide bonds. The van der Waals surface area contributed by atoms with Crippen molar-refractivity contribution in [3.05, 3.63) is 35.4 Å². The van der Waals surface area contributed by atoms with Crippen molar-refractivity contribution in [3.8, 4) is 0 Å². The van der Waals surface area contributed by atoms with Gasteiger partial charge >= 0.3 is 0 Å². The van der Waals surface area contributed by atoms with E-state index in [1.165, 1.54) is 43.2 Å². The summed E-state index contributed by atoms with van der Waals surface area (Å²) in [5.41, 5.74) is 2.69. The maximum atomic E-state index is 5.96. The van der Waals surface area contributed by atoms with E-state index in [2.05, 4.69) is 38.1 Å². The summed E-state index contributed by atoms with van der Waals surface area (Å²) in [5, 5.41) is 0. The third-order valence-corrected chi connectivity index (χ3v) is 4.25. The van der Waals surface area contributed by atoms with Gasteiger partial charge in [0.05, 0.1) is 19.3 Å². The smallest absolute Gasteiger partial charge is 0.106 e. The van der Waals surface area contributed by atoms with Gasteiger partial charge in [-0.2, -0.15) is 0 Å². The normalized spacial score (nSPS) is 22.4. The molecule has 118 valence electrons. The number of ether oxygens (including phenoxy) is 2. The maximum absolute atomic E-state index is 5.96. The molecule has 2 heteroatoms. The fourth-order valence-electron chi connectivity index (χ4n) is 2.88. The van der Waals surface area contributed by atoms with Gasteiger partial charge in [0, 0.05) is 0 Å². The van der Waals surface area contributed by atoms with Crippen molar-refractivity contribution in [1.29, 1.82) is 0 Å². The van der Waals surface area contributed by atoms with E-state index in [1.807, 2.05) is 0 Å². The highest BCUT2D eigenvalue weighted by Gasteiger charge is 2.22. The van der Waals surface area contributed by atoms with Crippen LogP contribution in [0, 0.1) is 0 Å². The van der Waals surface area contributed by atoms with Crippen LogP contribution in [-0.2, 0) is 15.9 Å². The molecule has 0 unspecified atom stereocenters. The van der Waals surface area contributed by atoms with Crippen LogP contribution in [0.4, 0.5) is 0 Å². The molecular weight excluding hydrogens is 260 g/mol. The molecule has 0 bridgehead atoms. The number of hydrogen-bond acceptors (Lipinski definition) is 2. The van der Waals surface area contributed by atoms with Crippen molar-refractivity contribution in [2.75, 3.05) is 13.2 Å². The quantitative estimate of drug-likeness (QED) is 0.623. The molecule has 1 aromatic carbocycles. The van der Waals surface area contributed by atoms with E-state index in [1.54, 1.807) is 0 Å². The third-order valence-electron chi connectivity index (χ3n) is 4.25. The Hall–Kier alpha value is -0.860. The molecule has 0 aliphatic carbocycles. The maximum Gasteiger partial charge on any atom is 0.106 e. The topological polar surface area (TPSA) is 18.5 Å². The average Bonchev–Trinajstić information content (AvgIpc) is 2.53. The standard InChI is InChI=1S/C19H30O2/c1-3-5-6-7-9-16-10-12-17(13-11-16)19-15-20-18(8-4-2)14-21-19/h10-13,18-19H,3-9,14-15H2,1-2H3/t18-,19-/m0/s1. The van der Waals surface area contributed by atoms with Gasteiger partial charge in [-0.05, 0) is 30.4 Å². The molecule has 1 saturated heterocycles. The van der Waals surface area contributed by atoms with Crippen LogP contribution in [-0.4, -0.2) is 19.3 Å². The van der Waals surface area contributed by atoms with E-state index in [4.69, 9.17) is 9.47 Å². The summed E-state index contributed by atoms with van der Waals surface area (Å²) >= 11 is 0. The van der Waals surface area contributed by atoms with Gasteiger partial charge < -0.3 is 9.47 Å². The molecule has 1 aliphatic rings. The summed E-state index contributed by atoms with van der Waals surface area (Å²) in [6.07, 6.45) is 9.17. The lowest BCUT2D eigenvalue weighted by Gasteiger charge is -2.29. The Morgan fingerprint density at radius 3 is 2.33 bits per heavy atom. The first kappa shape index (κ1) is 16.5. The van der Waals surface area contributed by atoms with Crippen LogP contribution in [0.3, 0.4) is 0 Å². The first-order valence-electron chi connectivity index (χ1n) is 8.65. The molecule has 0 radical (unpaired) electrons. The summed E-state index contributed by atoms with van der Waals surface area (Å²) in [6, 6.07) is 8.93. The second-order valence-corrected chi connectivity index (χ2v) is 6.12. The van der Waals surface area contributed by atoms with Crippen LogP contribution in [0.25, 0.3) is 0 Å². The van der Waals surface area contributed by atoms with E-state index in [-0.39, 0.29) is 6.10 Å². The van der Waals surface area contributed by atoms with E-state index < -0.39 is 0 Å². The summed E-state index contributed by atoms with van der Waals surface area (Å²) in [5.74, 6) is 0. The van der Waals surface area contributed by atoms with Gasteiger partial charge in [0.1, 0.15) is 6.10 Å². The molecule has 2 rings (SSSR count). The zero-order chi connectivity index (χ0) is 14.9. The molecular formula is C19H30O2. The summed E-state index contributed by atoms with van der Waals surface area (Å²) in [6.45, 7) is 5.87. The molecule has 1 fully saturated rings. The van der Waals surface area contributed by atoms with Crippen molar-refractivity contribution < 1.29 is 9.47 Å². The molecule has 1 heterocycles. The van der Waals surface area contributed by atoms with Gasteiger partial charge in [-0.15, -0.1) is 0 Å². The van der Waals surface area contributed by atoms with Crippen LogP contribution in [0.5, 0.6) is 0 Å².